The molecule has 0 aromatic heterocycles. The molecule has 0 bridgehead atoms. The molecule has 3 aromatic rings. The average Bonchev–Trinajstić information content (AvgIpc) is 3.55. The molecule has 29 heavy (non-hydrogen) atoms. The van der Waals surface area contributed by atoms with Crippen LogP contribution in [0.25, 0.3) is 0 Å². The lowest BCUT2D eigenvalue weighted by atomic mass is 10.00. The van der Waals surface area contributed by atoms with E-state index in [4.69, 9.17) is 0 Å². The first kappa shape index (κ1) is 19.9. The highest BCUT2D eigenvalue weighted by molar-refractivity contribution is 7.29. The van der Waals surface area contributed by atoms with Crippen molar-refractivity contribution in [3.63, 3.8) is 0 Å². The van der Waals surface area contributed by atoms with Gasteiger partial charge in [0.15, 0.2) is 0 Å². The van der Waals surface area contributed by atoms with E-state index in [9.17, 15) is 0 Å². The van der Waals surface area contributed by atoms with Crippen LogP contribution in [0.1, 0.15) is 57.7 Å². The molecule has 4 rings (SSSR count). The normalized spacial score (nSPS) is 12.6. The van der Waals surface area contributed by atoms with E-state index in [0.29, 0.717) is 5.92 Å². The van der Waals surface area contributed by atoms with E-state index in [1.54, 1.807) is 0 Å². The quantitative estimate of drug-likeness (QED) is 0.392. The van der Waals surface area contributed by atoms with Gasteiger partial charge in [-0.1, -0.05) is 41.4 Å². The number of benzene rings is 3. The molecule has 0 spiro atoms. The lowest BCUT2D eigenvalue weighted by molar-refractivity contribution is 1.12. The number of aryl methyl sites for hydroxylation is 1. The Hall–Kier alpha value is -2.36. The third kappa shape index (κ3) is 4.98. The predicted molar refractivity (Wildman–Crippen MR) is 131 cm³/mol. The van der Waals surface area contributed by atoms with Crippen LogP contribution in [-0.4, -0.2) is 0 Å². The molecule has 0 saturated heterocycles. The Morgan fingerprint density at radius 3 is 1.93 bits per heavy atom. The van der Waals surface area contributed by atoms with Crippen LogP contribution < -0.4 is 10.6 Å². The summed E-state index contributed by atoms with van der Waals surface area (Å²) in [7, 11) is 5.59. The van der Waals surface area contributed by atoms with Crippen molar-refractivity contribution in [2.24, 2.45) is 0 Å². The molecule has 3 aromatic carbocycles. The van der Waals surface area contributed by atoms with E-state index >= 15 is 0 Å². The zero-order chi connectivity index (χ0) is 20.4. The Morgan fingerprint density at radius 2 is 1.28 bits per heavy atom. The van der Waals surface area contributed by atoms with Gasteiger partial charge in [0.25, 0.3) is 0 Å². The van der Waals surface area contributed by atoms with Crippen LogP contribution in [0.15, 0.2) is 54.6 Å². The Balaban J connectivity index is 1.63. The van der Waals surface area contributed by atoms with Gasteiger partial charge in [-0.15, -0.1) is 18.5 Å². The summed E-state index contributed by atoms with van der Waals surface area (Å²) in [5, 5.41) is 2.39. The molecule has 1 aliphatic rings. The van der Waals surface area contributed by atoms with Crippen molar-refractivity contribution in [1.82, 2.24) is 0 Å². The summed E-state index contributed by atoms with van der Waals surface area (Å²) in [4.78, 5) is 0. The van der Waals surface area contributed by atoms with Crippen molar-refractivity contribution in [3.8, 4) is 23.7 Å². The summed E-state index contributed by atoms with van der Waals surface area (Å²) in [6.45, 7) is 4.22. The SMILES string of the molecule is Cc1ccc(C#Cc2ccc(C#Cc3cc(P)c(C)c(P)c3)cc2C2CC2)cc1. The highest BCUT2D eigenvalue weighted by atomic mass is 31.0. The first-order valence-electron chi connectivity index (χ1n) is 9.90. The van der Waals surface area contributed by atoms with Gasteiger partial charge in [-0.05, 0) is 96.8 Å². The molecular formula is C27H24P2. The third-order valence-corrected chi connectivity index (χ3v) is 6.50. The minimum atomic E-state index is 0.635. The summed E-state index contributed by atoms with van der Waals surface area (Å²) in [5.41, 5.74) is 8.17. The van der Waals surface area contributed by atoms with Gasteiger partial charge >= 0.3 is 0 Å². The van der Waals surface area contributed by atoms with E-state index in [0.717, 1.165) is 22.3 Å². The van der Waals surface area contributed by atoms with Crippen LogP contribution in [0.4, 0.5) is 0 Å². The van der Waals surface area contributed by atoms with Crippen molar-refractivity contribution in [2.75, 3.05) is 0 Å². The molecule has 0 heterocycles. The minimum Gasteiger partial charge on any atom is -0.105 e. The maximum absolute atomic E-state index is 3.39. The van der Waals surface area contributed by atoms with Crippen molar-refractivity contribution < 1.29 is 0 Å². The smallest absolute Gasteiger partial charge is 0.0284 e. The summed E-state index contributed by atoms with van der Waals surface area (Å²) in [6.07, 6.45) is 2.50. The molecule has 142 valence electrons. The standard InChI is InChI=1S/C27H24P2/c1-18-3-5-20(6-4-18)9-11-23-12-10-21(15-25(23)24-13-14-24)7-8-22-16-26(28)19(2)27(29)17-22/h3-6,10,12,15-17,24H,13-14,28-29H2,1-2H3. The fourth-order valence-electron chi connectivity index (χ4n) is 3.24. The first-order valence-corrected chi connectivity index (χ1v) is 11.1. The number of hydrogen-bond donors (Lipinski definition) is 0. The van der Waals surface area contributed by atoms with Crippen molar-refractivity contribution >= 4 is 29.1 Å². The highest BCUT2D eigenvalue weighted by Crippen LogP contribution is 2.41. The molecule has 0 amide bonds. The Kier molecular flexibility index (Phi) is 5.89. The van der Waals surface area contributed by atoms with Gasteiger partial charge in [0.05, 0.1) is 0 Å². The van der Waals surface area contributed by atoms with Crippen LogP contribution in [0.3, 0.4) is 0 Å². The molecule has 1 aliphatic carbocycles. The van der Waals surface area contributed by atoms with Gasteiger partial charge in [0.2, 0.25) is 0 Å². The van der Waals surface area contributed by atoms with Crippen molar-refractivity contribution in [1.29, 1.82) is 0 Å². The van der Waals surface area contributed by atoms with Crippen molar-refractivity contribution in [3.05, 3.63) is 93.5 Å². The molecule has 2 unspecified atom stereocenters. The third-order valence-electron chi connectivity index (χ3n) is 5.30. The molecule has 0 nitrogen and oxygen atoms in total. The lowest BCUT2D eigenvalue weighted by Crippen LogP contribution is -2.09. The summed E-state index contributed by atoms with van der Waals surface area (Å²) in [6, 6.07) is 19.1. The van der Waals surface area contributed by atoms with Gasteiger partial charge in [0, 0.05) is 22.3 Å². The van der Waals surface area contributed by atoms with Gasteiger partial charge in [-0.3, -0.25) is 0 Å². The fraction of sp³-hybridized carbons (Fsp3) is 0.185. The van der Waals surface area contributed by atoms with Crippen LogP contribution in [0.5, 0.6) is 0 Å². The summed E-state index contributed by atoms with van der Waals surface area (Å²) >= 11 is 0. The van der Waals surface area contributed by atoms with E-state index in [1.165, 1.54) is 40.1 Å². The first-order chi connectivity index (χ1) is 14.0. The van der Waals surface area contributed by atoms with E-state index in [2.05, 4.69) is 111 Å². The molecule has 0 radical (unpaired) electrons. The van der Waals surface area contributed by atoms with Crippen LogP contribution in [0, 0.1) is 37.5 Å². The molecule has 1 fully saturated rings. The van der Waals surface area contributed by atoms with E-state index in [1.807, 2.05) is 0 Å². The Labute approximate surface area is 178 Å². The van der Waals surface area contributed by atoms with Gasteiger partial charge < -0.3 is 0 Å². The number of hydrogen-bond acceptors (Lipinski definition) is 0. The van der Waals surface area contributed by atoms with Crippen molar-refractivity contribution in [2.45, 2.75) is 32.6 Å². The highest BCUT2D eigenvalue weighted by Gasteiger charge is 2.25. The van der Waals surface area contributed by atoms with Gasteiger partial charge in [-0.2, -0.15) is 0 Å². The molecule has 0 aliphatic heterocycles. The van der Waals surface area contributed by atoms with E-state index < -0.39 is 0 Å². The van der Waals surface area contributed by atoms with Crippen LogP contribution in [0.2, 0.25) is 0 Å². The molecule has 0 N–H and O–H groups in total. The Bertz CT molecular complexity index is 1170. The topological polar surface area (TPSA) is 0 Å². The monoisotopic (exact) mass is 410 g/mol. The zero-order valence-electron chi connectivity index (χ0n) is 16.8. The van der Waals surface area contributed by atoms with E-state index in [-0.39, 0.29) is 0 Å². The Morgan fingerprint density at radius 1 is 0.690 bits per heavy atom. The molecule has 2 heteroatoms. The summed E-state index contributed by atoms with van der Waals surface area (Å²) < 4.78 is 0. The largest absolute Gasteiger partial charge is 0.105 e. The van der Waals surface area contributed by atoms with Gasteiger partial charge in [0.1, 0.15) is 0 Å². The van der Waals surface area contributed by atoms with Gasteiger partial charge in [-0.25, -0.2) is 0 Å². The fourth-order valence-corrected chi connectivity index (χ4v) is 4.10. The minimum absolute atomic E-state index is 0.635. The molecular weight excluding hydrogens is 386 g/mol. The molecule has 2 atom stereocenters. The maximum Gasteiger partial charge on any atom is 0.0284 e. The molecule has 1 saturated carbocycles. The second-order valence-corrected chi connectivity index (χ2v) is 8.97. The summed E-state index contributed by atoms with van der Waals surface area (Å²) in [5.74, 6) is 14.0. The maximum atomic E-state index is 3.39. The second-order valence-electron chi connectivity index (χ2n) is 7.72. The second kappa shape index (κ2) is 8.56. The lowest BCUT2D eigenvalue weighted by Gasteiger charge is -2.05. The van der Waals surface area contributed by atoms with Crippen LogP contribution in [-0.2, 0) is 0 Å². The number of rotatable bonds is 1. The average molecular weight is 410 g/mol. The predicted octanol–water partition coefficient (Wildman–Crippen LogP) is 4.98. The zero-order valence-corrected chi connectivity index (χ0v) is 19.2. The van der Waals surface area contributed by atoms with Crippen LogP contribution >= 0.6 is 18.5 Å².